The van der Waals surface area contributed by atoms with Crippen molar-refractivity contribution in [1.29, 1.82) is 0 Å². The number of likely N-dealkylation sites (tertiary alicyclic amines) is 1. The summed E-state index contributed by atoms with van der Waals surface area (Å²) in [6, 6.07) is 10.1. The average molecular weight is 515 g/mol. The molecule has 1 saturated heterocycles. The highest BCUT2D eigenvalue weighted by atomic mass is 35.5. The van der Waals surface area contributed by atoms with Gasteiger partial charge in [-0.3, -0.25) is 9.78 Å². The van der Waals surface area contributed by atoms with Gasteiger partial charge in [0, 0.05) is 29.1 Å². The number of carboxylic acids is 1. The van der Waals surface area contributed by atoms with Gasteiger partial charge < -0.3 is 24.2 Å². The second kappa shape index (κ2) is 12.6. The fourth-order valence-corrected chi connectivity index (χ4v) is 4.38. The van der Waals surface area contributed by atoms with Gasteiger partial charge in [0.2, 0.25) is 5.78 Å². The molecule has 4 rings (SSSR count). The highest BCUT2D eigenvalue weighted by Gasteiger charge is 2.22. The summed E-state index contributed by atoms with van der Waals surface area (Å²) in [5.74, 6) is -0.0428. The minimum atomic E-state index is -1.13. The Morgan fingerprint density at radius 1 is 1.06 bits per heavy atom. The van der Waals surface area contributed by atoms with E-state index in [1.807, 2.05) is 6.92 Å². The van der Waals surface area contributed by atoms with Crippen molar-refractivity contribution in [3.05, 3.63) is 59.4 Å². The molecule has 0 bridgehead atoms. The number of carbonyl (C=O) groups is 2. The van der Waals surface area contributed by atoms with E-state index in [9.17, 15) is 14.7 Å². The van der Waals surface area contributed by atoms with Crippen LogP contribution in [0.4, 0.5) is 0 Å². The molecule has 1 aliphatic rings. The van der Waals surface area contributed by atoms with Gasteiger partial charge in [-0.1, -0.05) is 12.1 Å². The first-order chi connectivity index (χ1) is 17.0. The van der Waals surface area contributed by atoms with Gasteiger partial charge in [0.05, 0.1) is 25.9 Å². The van der Waals surface area contributed by atoms with Crippen molar-refractivity contribution in [3.63, 3.8) is 0 Å². The molecule has 3 aromatic rings. The summed E-state index contributed by atoms with van der Waals surface area (Å²) in [6.45, 7) is 6.02. The Balaban J connectivity index is 0.00000361. The van der Waals surface area contributed by atoms with E-state index in [4.69, 9.17) is 14.2 Å². The van der Waals surface area contributed by atoms with E-state index in [1.54, 1.807) is 36.4 Å². The van der Waals surface area contributed by atoms with Crippen LogP contribution in [0.15, 0.2) is 42.6 Å². The summed E-state index contributed by atoms with van der Waals surface area (Å²) in [5, 5.41) is 10.5. The number of pyridine rings is 1. The van der Waals surface area contributed by atoms with Gasteiger partial charge in [-0.15, -0.1) is 12.4 Å². The molecule has 0 amide bonds. The number of hydrogen-bond donors (Lipinski definition) is 1. The van der Waals surface area contributed by atoms with Gasteiger partial charge >= 0.3 is 5.97 Å². The third-order valence-electron chi connectivity index (χ3n) is 6.10. The number of benzene rings is 2. The van der Waals surface area contributed by atoms with Gasteiger partial charge in [0.15, 0.2) is 11.5 Å². The molecular formula is C27H31ClN2O6. The van der Waals surface area contributed by atoms with Crippen LogP contribution < -0.4 is 14.2 Å². The van der Waals surface area contributed by atoms with Crippen molar-refractivity contribution < 1.29 is 28.9 Å². The molecule has 2 heterocycles. The fraction of sp³-hybridized carbons (Fsp3) is 0.370. The molecule has 1 aromatic heterocycles. The van der Waals surface area contributed by atoms with E-state index in [2.05, 4.69) is 9.88 Å². The third kappa shape index (κ3) is 6.06. The van der Waals surface area contributed by atoms with Crippen LogP contribution in [0.1, 0.15) is 52.6 Å². The van der Waals surface area contributed by atoms with Crippen molar-refractivity contribution in [2.45, 2.75) is 26.2 Å². The second-order valence-electron chi connectivity index (χ2n) is 8.42. The molecule has 0 atom stereocenters. The summed E-state index contributed by atoms with van der Waals surface area (Å²) < 4.78 is 17.0. The zero-order valence-electron chi connectivity index (χ0n) is 20.5. The van der Waals surface area contributed by atoms with Gasteiger partial charge in [0.1, 0.15) is 11.4 Å². The van der Waals surface area contributed by atoms with Gasteiger partial charge in [0.25, 0.3) is 0 Å². The Morgan fingerprint density at radius 2 is 1.81 bits per heavy atom. The number of aromatic nitrogens is 1. The zero-order valence-corrected chi connectivity index (χ0v) is 21.3. The maximum atomic E-state index is 13.4. The first kappa shape index (κ1) is 27.2. The smallest absolute Gasteiger partial charge is 0.337 e. The summed E-state index contributed by atoms with van der Waals surface area (Å²) >= 11 is 0. The van der Waals surface area contributed by atoms with Crippen LogP contribution in [0, 0.1) is 0 Å². The molecule has 0 aliphatic carbocycles. The number of ether oxygens (including phenoxy) is 3. The molecule has 192 valence electrons. The Hall–Kier alpha value is -3.36. The van der Waals surface area contributed by atoms with Crippen molar-refractivity contribution in [1.82, 2.24) is 9.88 Å². The van der Waals surface area contributed by atoms with Gasteiger partial charge in [-0.25, -0.2) is 4.79 Å². The van der Waals surface area contributed by atoms with Crippen molar-refractivity contribution >= 4 is 34.9 Å². The van der Waals surface area contributed by atoms with E-state index in [1.165, 1.54) is 26.1 Å². The van der Waals surface area contributed by atoms with E-state index in [-0.39, 0.29) is 29.4 Å². The first-order valence-electron chi connectivity index (χ1n) is 11.9. The minimum absolute atomic E-state index is 0. The summed E-state index contributed by atoms with van der Waals surface area (Å²) in [4.78, 5) is 32.0. The number of methoxy groups -OCH3 is 1. The highest BCUT2D eigenvalue weighted by molar-refractivity contribution is 6.18. The van der Waals surface area contributed by atoms with Crippen molar-refractivity contribution in [3.8, 4) is 17.2 Å². The number of carbonyl (C=O) groups excluding carboxylic acids is 1. The largest absolute Gasteiger partial charge is 0.494 e. The standard InChI is InChI=1S/C27H30N2O6.ClH/c1-3-34-19-9-6-8-18(14-19)26(30)25-21-16-23(33-2)24(15-20(21)22(17-28-25)27(31)32)35-13-7-12-29-10-4-5-11-29;/h6,8-9,14-17H,3-5,7,10-13H2,1-2H3,(H,31,32);1H. The molecular weight excluding hydrogens is 484 g/mol. The molecule has 2 aromatic carbocycles. The maximum absolute atomic E-state index is 13.4. The molecule has 36 heavy (non-hydrogen) atoms. The van der Waals surface area contributed by atoms with Crippen LogP contribution in [-0.4, -0.2) is 66.7 Å². The maximum Gasteiger partial charge on any atom is 0.337 e. The molecule has 0 saturated carbocycles. The Bertz CT molecular complexity index is 1230. The van der Waals surface area contributed by atoms with Crippen LogP contribution in [0.2, 0.25) is 0 Å². The lowest BCUT2D eigenvalue weighted by Gasteiger charge is -2.17. The average Bonchev–Trinajstić information content (AvgIpc) is 3.39. The monoisotopic (exact) mass is 514 g/mol. The number of rotatable bonds is 11. The Kier molecular flexibility index (Phi) is 9.50. The Labute approximate surface area is 216 Å². The summed E-state index contributed by atoms with van der Waals surface area (Å²) in [7, 11) is 1.51. The number of halogens is 1. The second-order valence-corrected chi connectivity index (χ2v) is 8.42. The normalized spacial score (nSPS) is 13.3. The molecule has 0 spiro atoms. The quantitative estimate of drug-likeness (QED) is 0.286. The summed E-state index contributed by atoms with van der Waals surface area (Å²) in [5.41, 5.74) is 0.524. The fourth-order valence-electron chi connectivity index (χ4n) is 4.38. The van der Waals surface area contributed by atoms with Crippen LogP contribution in [0.25, 0.3) is 10.8 Å². The predicted octanol–water partition coefficient (Wildman–Crippen LogP) is 4.86. The SMILES string of the molecule is CCOc1cccc(C(=O)c2ncc(C(=O)O)c3cc(OCCCN4CCCC4)c(OC)cc23)c1.Cl. The van der Waals surface area contributed by atoms with E-state index in [0.29, 0.717) is 46.8 Å². The Morgan fingerprint density at radius 3 is 2.50 bits per heavy atom. The number of nitrogens with zero attached hydrogens (tertiary/aromatic N) is 2. The lowest BCUT2D eigenvalue weighted by Crippen LogP contribution is -2.22. The highest BCUT2D eigenvalue weighted by Crippen LogP contribution is 2.36. The van der Waals surface area contributed by atoms with Gasteiger partial charge in [-0.05, 0) is 63.5 Å². The third-order valence-corrected chi connectivity index (χ3v) is 6.10. The van der Waals surface area contributed by atoms with E-state index >= 15 is 0 Å². The number of fused-ring (bicyclic) bond motifs is 1. The number of ketones is 1. The van der Waals surface area contributed by atoms with Crippen molar-refractivity contribution in [2.75, 3.05) is 40.0 Å². The molecule has 8 nitrogen and oxygen atoms in total. The molecule has 9 heteroatoms. The predicted molar refractivity (Wildman–Crippen MR) is 139 cm³/mol. The van der Waals surface area contributed by atoms with Crippen molar-refractivity contribution in [2.24, 2.45) is 0 Å². The number of carboxylic acid groups (broad SMARTS) is 1. The molecule has 1 N–H and O–H groups in total. The number of aromatic carboxylic acids is 1. The van der Waals surface area contributed by atoms with Crippen LogP contribution in [0.3, 0.4) is 0 Å². The number of hydrogen-bond acceptors (Lipinski definition) is 7. The first-order valence-corrected chi connectivity index (χ1v) is 11.9. The molecule has 1 aliphatic heterocycles. The lowest BCUT2D eigenvalue weighted by atomic mass is 9.99. The van der Waals surface area contributed by atoms with Crippen LogP contribution in [-0.2, 0) is 0 Å². The minimum Gasteiger partial charge on any atom is -0.494 e. The zero-order chi connectivity index (χ0) is 24.8. The van der Waals surface area contributed by atoms with E-state index in [0.717, 1.165) is 26.1 Å². The van der Waals surface area contributed by atoms with Gasteiger partial charge in [-0.2, -0.15) is 0 Å². The lowest BCUT2D eigenvalue weighted by molar-refractivity contribution is 0.0698. The van der Waals surface area contributed by atoms with Crippen LogP contribution in [0.5, 0.6) is 17.2 Å². The summed E-state index contributed by atoms with van der Waals surface area (Å²) in [6.07, 6.45) is 4.54. The van der Waals surface area contributed by atoms with E-state index < -0.39 is 5.97 Å². The molecule has 1 fully saturated rings. The topological polar surface area (TPSA) is 98.2 Å². The van der Waals surface area contributed by atoms with Crippen LogP contribution >= 0.6 is 12.4 Å². The molecule has 0 unspecified atom stereocenters. The molecule has 0 radical (unpaired) electrons.